The molecular weight excluding hydrogens is 231 g/mol. The molecule has 0 saturated carbocycles. The smallest absolute Gasteiger partial charge is 0.335 e. The average molecular weight is 238 g/mol. The molecule has 1 rings (SSSR count). The summed E-state index contributed by atoms with van der Waals surface area (Å²) < 4.78 is 13.1. The van der Waals surface area contributed by atoms with E-state index in [9.17, 15) is 19.1 Å². The molecule has 0 aliphatic carbocycles. The number of carboxylic acid groups (broad SMARTS) is 1. The van der Waals surface area contributed by atoms with E-state index in [2.05, 4.69) is 0 Å². The molecule has 1 amide bonds. The Morgan fingerprint density at radius 3 is 2.65 bits per heavy atom. The van der Waals surface area contributed by atoms with Gasteiger partial charge in [-0.15, -0.1) is 0 Å². The number of phenolic OH excluding ortho intramolecular Hbond substituents is 1. The number of phenols is 1. The maximum Gasteiger partial charge on any atom is 0.335 e. The number of nitrogens with zero attached hydrogens (tertiary/aromatic N) is 1. The van der Waals surface area contributed by atoms with Crippen LogP contribution in [0.15, 0.2) is 12.1 Å². The normalized spacial score (nSPS) is 9.41. The zero-order valence-electron chi connectivity index (χ0n) is 8.40. The van der Waals surface area contributed by atoms with E-state index < -0.39 is 35.4 Å². The van der Waals surface area contributed by atoms with Gasteiger partial charge in [0.2, 0.25) is 5.91 Å². The van der Waals surface area contributed by atoms with E-state index in [1.54, 1.807) is 6.07 Å². The monoisotopic (exact) mass is 238 g/mol. The summed E-state index contributed by atoms with van der Waals surface area (Å²) in [4.78, 5) is 21.7. The highest BCUT2D eigenvalue weighted by Crippen LogP contribution is 2.28. The molecule has 88 valence electrons. The molecule has 17 heavy (non-hydrogen) atoms. The van der Waals surface area contributed by atoms with Crippen molar-refractivity contribution in [3.8, 4) is 11.8 Å². The Kier molecular flexibility index (Phi) is 3.62. The van der Waals surface area contributed by atoms with Gasteiger partial charge in [-0.25, -0.2) is 9.18 Å². The zero-order valence-corrected chi connectivity index (χ0v) is 8.40. The van der Waals surface area contributed by atoms with Crippen LogP contribution in [0.25, 0.3) is 0 Å². The molecule has 0 radical (unpaired) electrons. The van der Waals surface area contributed by atoms with E-state index in [0.717, 1.165) is 6.07 Å². The van der Waals surface area contributed by atoms with Crippen molar-refractivity contribution in [3.63, 3.8) is 0 Å². The van der Waals surface area contributed by atoms with Crippen molar-refractivity contribution < 1.29 is 24.2 Å². The second kappa shape index (κ2) is 4.94. The topological polar surface area (TPSA) is 110 Å². The molecule has 0 aliphatic heterocycles. The number of nitriles is 1. The lowest BCUT2D eigenvalue weighted by Gasteiger charge is -2.07. The van der Waals surface area contributed by atoms with Crippen LogP contribution in [0, 0.1) is 17.1 Å². The van der Waals surface area contributed by atoms with Gasteiger partial charge >= 0.3 is 5.97 Å². The first-order valence-electron chi connectivity index (χ1n) is 4.38. The van der Waals surface area contributed by atoms with Gasteiger partial charge in [-0.1, -0.05) is 0 Å². The fourth-order valence-electron chi connectivity index (χ4n) is 1.08. The number of carbonyl (C=O) groups is 2. The molecule has 0 bridgehead atoms. The second-order valence-electron chi connectivity index (χ2n) is 3.04. The molecule has 7 heteroatoms. The van der Waals surface area contributed by atoms with E-state index in [1.807, 2.05) is 5.32 Å². The molecule has 0 aromatic heterocycles. The Morgan fingerprint density at radius 2 is 2.12 bits per heavy atom. The highest BCUT2D eigenvalue weighted by molar-refractivity contribution is 5.96. The Hall–Kier alpha value is -2.62. The fraction of sp³-hybridized carbons (Fsp3) is 0.100. The van der Waals surface area contributed by atoms with Gasteiger partial charge in [-0.3, -0.25) is 4.79 Å². The van der Waals surface area contributed by atoms with Crippen LogP contribution in [-0.4, -0.2) is 22.1 Å². The van der Waals surface area contributed by atoms with Crippen molar-refractivity contribution in [2.24, 2.45) is 0 Å². The highest BCUT2D eigenvalue weighted by Gasteiger charge is 2.15. The van der Waals surface area contributed by atoms with Gasteiger partial charge in [-0.2, -0.15) is 5.26 Å². The van der Waals surface area contributed by atoms with Crippen molar-refractivity contribution in [1.82, 2.24) is 0 Å². The summed E-state index contributed by atoms with van der Waals surface area (Å²) in [7, 11) is 0. The van der Waals surface area contributed by atoms with Gasteiger partial charge in [0, 0.05) is 0 Å². The van der Waals surface area contributed by atoms with Gasteiger partial charge in [0.15, 0.2) is 11.6 Å². The first-order chi connectivity index (χ1) is 7.95. The second-order valence-corrected chi connectivity index (χ2v) is 3.04. The number of anilines is 1. The molecule has 0 fully saturated rings. The minimum absolute atomic E-state index is 0.386. The van der Waals surface area contributed by atoms with E-state index in [-0.39, 0.29) is 5.69 Å². The molecule has 0 aliphatic rings. The van der Waals surface area contributed by atoms with Crippen molar-refractivity contribution in [1.29, 1.82) is 5.26 Å². The molecule has 0 unspecified atom stereocenters. The predicted molar refractivity (Wildman–Crippen MR) is 53.9 cm³/mol. The number of hydrogen-bond donors (Lipinski definition) is 3. The Bertz CT molecular complexity index is 522. The van der Waals surface area contributed by atoms with E-state index >= 15 is 0 Å². The lowest BCUT2D eigenvalue weighted by atomic mass is 10.1. The third-order valence-corrected chi connectivity index (χ3v) is 1.82. The summed E-state index contributed by atoms with van der Waals surface area (Å²) in [5.41, 5.74) is -0.810. The molecule has 0 heterocycles. The molecule has 1 aromatic rings. The maximum atomic E-state index is 13.1. The van der Waals surface area contributed by atoms with Crippen LogP contribution in [0.4, 0.5) is 10.1 Å². The number of aromatic carboxylic acids is 1. The van der Waals surface area contributed by atoms with Gasteiger partial charge in [0.05, 0.1) is 17.3 Å². The Labute approximate surface area is 94.9 Å². The van der Waals surface area contributed by atoms with E-state index in [1.165, 1.54) is 0 Å². The summed E-state index contributed by atoms with van der Waals surface area (Å²) in [6.07, 6.45) is -0.488. The summed E-state index contributed by atoms with van der Waals surface area (Å²) in [5.74, 6) is -4.22. The SMILES string of the molecule is N#CCC(=O)Nc1cc(C(=O)O)cc(F)c1O. The predicted octanol–water partition coefficient (Wildman–Crippen LogP) is 1.08. The standard InChI is InChI=1S/C10H7FN2O4/c11-6-3-5(10(16)17)4-7(9(6)15)13-8(14)1-2-12/h3-4,15H,1H2,(H,13,14)(H,16,17). The van der Waals surface area contributed by atoms with E-state index in [4.69, 9.17) is 10.4 Å². The summed E-state index contributed by atoms with van der Waals surface area (Å²) >= 11 is 0. The average Bonchev–Trinajstić information content (AvgIpc) is 2.24. The quantitative estimate of drug-likeness (QED) is 0.682. The minimum Gasteiger partial charge on any atom is -0.503 e. The number of carboxylic acids is 1. The number of hydrogen-bond acceptors (Lipinski definition) is 4. The van der Waals surface area contributed by atoms with Gasteiger partial charge < -0.3 is 15.5 Å². The first-order valence-corrected chi connectivity index (χ1v) is 4.38. The van der Waals surface area contributed by atoms with E-state index in [0.29, 0.717) is 6.07 Å². The fourth-order valence-corrected chi connectivity index (χ4v) is 1.08. The number of rotatable bonds is 3. The first kappa shape index (κ1) is 12.4. The molecular formula is C10H7FN2O4. The van der Waals surface area contributed by atoms with Crippen LogP contribution in [0.5, 0.6) is 5.75 Å². The lowest BCUT2D eigenvalue weighted by Crippen LogP contribution is -2.11. The summed E-state index contributed by atoms with van der Waals surface area (Å²) in [5, 5.41) is 28.2. The number of nitrogens with one attached hydrogen (secondary N) is 1. The Balaban J connectivity index is 3.10. The number of halogens is 1. The zero-order chi connectivity index (χ0) is 13.0. The number of benzene rings is 1. The molecule has 0 atom stereocenters. The highest BCUT2D eigenvalue weighted by atomic mass is 19.1. The summed E-state index contributed by atoms with van der Waals surface area (Å²) in [6.45, 7) is 0. The number of aromatic hydroxyl groups is 1. The van der Waals surface area contributed by atoms with Gasteiger partial charge in [-0.05, 0) is 12.1 Å². The van der Waals surface area contributed by atoms with Crippen LogP contribution >= 0.6 is 0 Å². The van der Waals surface area contributed by atoms with Gasteiger partial charge in [0.25, 0.3) is 0 Å². The van der Waals surface area contributed by atoms with Crippen LogP contribution in [0.2, 0.25) is 0 Å². The summed E-state index contributed by atoms with van der Waals surface area (Å²) in [6, 6.07) is 3.08. The molecule has 0 spiro atoms. The van der Waals surface area contributed by atoms with Crippen LogP contribution in [0.1, 0.15) is 16.8 Å². The van der Waals surface area contributed by atoms with Crippen LogP contribution < -0.4 is 5.32 Å². The molecule has 0 saturated heterocycles. The van der Waals surface area contributed by atoms with Crippen LogP contribution in [-0.2, 0) is 4.79 Å². The number of carbonyl (C=O) groups excluding carboxylic acids is 1. The lowest BCUT2D eigenvalue weighted by molar-refractivity contribution is -0.115. The largest absolute Gasteiger partial charge is 0.503 e. The molecule has 6 nitrogen and oxygen atoms in total. The maximum absolute atomic E-state index is 13.1. The van der Waals surface area contributed by atoms with Crippen molar-refractivity contribution in [3.05, 3.63) is 23.5 Å². The Morgan fingerprint density at radius 1 is 1.47 bits per heavy atom. The van der Waals surface area contributed by atoms with Gasteiger partial charge in [0.1, 0.15) is 6.42 Å². The molecule has 3 N–H and O–H groups in total. The molecule has 1 aromatic carbocycles. The number of amides is 1. The van der Waals surface area contributed by atoms with Crippen molar-refractivity contribution in [2.45, 2.75) is 6.42 Å². The third kappa shape index (κ3) is 2.92. The minimum atomic E-state index is -1.40. The van der Waals surface area contributed by atoms with Crippen molar-refractivity contribution >= 4 is 17.6 Å². The third-order valence-electron chi connectivity index (χ3n) is 1.82. The van der Waals surface area contributed by atoms with Crippen molar-refractivity contribution in [2.75, 3.05) is 5.32 Å². The van der Waals surface area contributed by atoms with Crippen LogP contribution in [0.3, 0.4) is 0 Å².